The Morgan fingerprint density at radius 1 is 1.29 bits per heavy atom. The zero-order chi connectivity index (χ0) is 13.1. The Labute approximate surface area is 95.7 Å². The highest BCUT2D eigenvalue weighted by Crippen LogP contribution is 2.30. The summed E-state index contributed by atoms with van der Waals surface area (Å²) in [5, 5.41) is 8.74. The first kappa shape index (κ1) is 13.3. The monoisotopic (exact) mass is 261 g/mol. The van der Waals surface area contributed by atoms with E-state index in [9.17, 15) is 21.6 Å². The molecule has 3 nitrogen and oxygen atoms in total. The summed E-state index contributed by atoms with van der Waals surface area (Å²) in [6, 6.07) is 4.78. The van der Waals surface area contributed by atoms with Gasteiger partial charge in [-0.05, 0) is 18.2 Å². The summed E-state index contributed by atoms with van der Waals surface area (Å²) in [7, 11) is -4.01. The number of sulfone groups is 1. The van der Waals surface area contributed by atoms with E-state index in [2.05, 4.69) is 0 Å². The second-order valence-corrected chi connectivity index (χ2v) is 4.84. The fraction of sp³-hybridized carbons (Fsp3) is 0.100. The van der Waals surface area contributed by atoms with E-state index in [1.54, 1.807) is 0 Å². The molecule has 0 saturated heterocycles. The maximum atomic E-state index is 12.3. The highest BCUT2D eigenvalue weighted by atomic mass is 32.2. The van der Waals surface area contributed by atoms with Gasteiger partial charge in [0.15, 0.2) is 0 Å². The van der Waals surface area contributed by atoms with Gasteiger partial charge in [-0.2, -0.15) is 18.4 Å². The van der Waals surface area contributed by atoms with Crippen LogP contribution in [0.3, 0.4) is 0 Å². The molecule has 0 aliphatic rings. The van der Waals surface area contributed by atoms with Crippen LogP contribution in [-0.2, 0) is 16.0 Å². The first-order valence-corrected chi connectivity index (χ1v) is 5.80. The zero-order valence-electron chi connectivity index (χ0n) is 8.27. The molecule has 0 heterocycles. The van der Waals surface area contributed by atoms with Crippen LogP contribution in [0.2, 0.25) is 0 Å². The lowest BCUT2D eigenvalue weighted by Gasteiger charge is -2.07. The van der Waals surface area contributed by atoms with Crippen LogP contribution in [0, 0.1) is 11.3 Å². The Morgan fingerprint density at radius 3 is 2.47 bits per heavy atom. The fourth-order valence-electron chi connectivity index (χ4n) is 1.05. The summed E-state index contributed by atoms with van der Waals surface area (Å²) >= 11 is 0. The van der Waals surface area contributed by atoms with Crippen LogP contribution in [0.5, 0.6) is 0 Å². The second-order valence-electron chi connectivity index (χ2n) is 3.00. The summed E-state index contributed by atoms with van der Waals surface area (Å²) in [5.41, 5.74) is -1.05. The van der Waals surface area contributed by atoms with Crippen LogP contribution in [0.4, 0.5) is 13.2 Å². The van der Waals surface area contributed by atoms with E-state index in [-0.39, 0.29) is 0 Å². The highest BCUT2D eigenvalue weighted by molar-refractivity contribution is 7.94. The Kier molecular flexibility index (Phi) is 3.58. The molecule has 0 bridgehead atoms. The fourth-order valence-corrected chi connectivity index (χ4v) is 2.00. The molecule has 0 atom stereocenters. The van der Waals surface area contributed by atoms with Crippen LogP contribution >= 0.6 is 0 Å². The molecule has 0 aliphatic heterocycles. The van der Waals surface area contributed by atoms with Crippen LogP contribution in [0.1, 0.15) is 5.56 Å². The van der Waals surface area contributed by atoms with Gasteiger partial charge in [-0.15, -0.1) is 0 Å². The van der Waals surface area contributed by atoms with Gasteiger partial charge in [0, 0.05) is 11.5 Å². The van der Waals surface area contributed by atoms with Gasteiger partial charge in [0.05, 0.1) is 16.5 Å². The minimum atomic E-state index is -4.61. The first-order valence-electron chi connectivity index (χ1n) is 4.26. The molecule has 0 amide bonds. The minimum Gasteiger partial charge on any atom is -0.219 e. The average Bonchev–Trinajstić information content (AvgIpc) is 2.25. The van der Waals surface area contributed by atoms with Crippen molar-refractivity contribution < 1.29 is 21.6 Å². The van der Waals surface area contributed by atoms with E-state index in [0.717, 1.165) is 18.2 Å². The third-order valence-corrected chi connectivity index (χ3v) is 3.22. The van der Waals surface area contributed by atoms with Crippen LogP contribution in [0.15, 0.2) is 40.6 Å². The Morgan fingerprint density at radius 2 is 1.94 bits per heavy atom. The molecule has 0 unspecified atom stereocenters. The van der Waals surface area contributed by atoms with Crippen molar-refractivity contribution >= 4 is 9.84 Å². The predicted molar refractivity (Wildman–Crippen MR) is 53.4 cm³/mol. The predicted octanol–water partition coefficient (Wildman–Crippen LogP) is 2.52. The van der Waals surface area contributed by atoms with Gasteiger partial charge < -0.3 is 0 Å². The quantitative estimate of drug-likeness (QED) is 0.768. The number of allylic oxidation sites excluding steroid dienone is 1. The molecule has 0 N–H and O–H groups in total. The molecule has 0 aromatic heterocycles. The number of rotatable bonds is 2. The number of benzene rings is 1. The SMILES string of the molecule is N#CC=CS(=O)(=O)c1cccc(C(F)(F)F)c1. The molecule has 0 aliphatic carbocycles. The smallest absolute Gasteiger partial charge is 0.219 e. The van der Waals surface area contributed by atoms with E-state index < -0.39 is 26.5 Å². The molecule has 1 aromatic rings. The second kappa shape index (κ2) is 4.59. The Hall–Kier alpha value is -1.81. The normalized spacial score (nSPS) is 12.6. The van der Waals surface area contributed by atoms with Crippen molar-refractivity contribution in [2.24, 2.45) is 0 Å². The maximum absolute atomic E-state index is 12.3. The molecule has 0 radical (unpaired) electrons. The van der Waals surface area contributed by atoms with Crippen molar-refractivity contribution in [3.63, 3.8) is 0 Å². The summed E-state index contributed by atoms with van der Waals surface area (Å²) in [6.07, 6.45) is -3.92. The molecule has 1 aromatic carbocycles. The number of hydrogen-bond acceptors (Lipinski definition) is 3. The van der Waals surface area contributed by atoms with Crippen LogP contribution < -0.4 is 0 Å². The van der Waals surface area contributed by atoms with Crippen molar-refractivity contribution in [1.82, 2.24) is 0 Å². The maximum Gasteiger partial charge on any atom is 0.416 e. The van der Waals surface area contributed by atoms with E-state index in [1.807, 2.05) is 0 Å². The molecule has 17 heavy (non-hydrogen) atoms. The van der Waals surface area contributed by atoms with Gasteiger partial charge in [0.2, 0.25) is 9.84 Å². The van der Waals surface area contributed by atoms with Crippen molar-refractivity contribution in [3.05, 3.63) is 41.3 Å². The molecule has 90 valence electrons. The third-order valence-electron chi connectivity index (χ3n) is 1.81. The summed E-state index contributed by atoms with van der Waals surface area (Å²) in [5.74, 6) is 0. The topological polar surface area (TPSA) is 57.9 Å². The summed E-state index contributed by atoms with van der Waals surface area (Å²) in [6.45, 7) is 0. The van der Waals surface area contributed by atoms with Gasteiger partial charge in [-0.3, -0.25) is 0 Å². The molecular formula is C10H6F3NO2S. The molecular weight excluding hydrogens is 255 g/mol. The van der Waals surface area contributed by atoms with Crippen molar-refractivity contribution in [2.45, 2.75) is 11.1 Å². The van der Waals surface area contributed by atoms with Crippen molar-refractivity contribution in [2.75, 3.05) is 0 Å². The number of halogens is 3. The third kappa shape index (κ3) is 3.32. The molecule has 0 saturated carbocycles. The minimum absolute atomic E-state index is 0.501. The van der Waals surface area contributed by atoms with E-state index in [0.29, 0.717) is 17.6 Å². The number of hydrogen-bond donors (Lipinski definition) is 0. The summed E-state index contributed by atoms with van der Waals surface area (Å²) in [4.78, 5) is -0.501. The molecule has 0 spiro atoms. The van der Waals surface area contributed by atoms with Gasteiger partial charge in [-0.1, -0.05) is 6.07 Å². The zero-order valence-corrected chi connectivity index (χ0v) is 9.09. The van der Waals surface area contributed by atoms with Crippen molar-refractivity contribution in [3.8, 4) is 6.07 Å². The Balaban J connectivity index is 3.27. The molecule has 7 heteroatoms. The van der Waals surface area contributed by atoms with Crippen LogP contribution in [-0.4, -0.2) is 8.42 Å². The lowest BCUT2D eigenvalue weighted by Crippen LogP contribution is -2.06. The lowest BCUT2D eigenvalue weighted by atomic mass is 10.2. The number of alkyl halides is 3. The standard InChI is InChI=1S/C10H6F3NO2S/c11-10(12,13)8-3-1-4-9(7-8)17(15,16)6-2-5-14/h1-4,6-7H. The van der Waals surface area contributed by atoms with Gasteiger partial charge in [0.1, 0.15) is 0 Å². The van der Waals surface area contributed by atoms with Crippen molar-refractivity contribution in [1.29, 1.82) is 5.26 Å². The average molecular weight is 261 g/mol. The van der Waals surface area contributed by atoms with Gasteiger partial charge in [0.25, 0.3) is 0 Å². The lowest BCUT2D eigenvalue weighted by molar-refractivity contribution is -0.137. The Bertz CT molecular complexity index is 582. The van der Waals surface area contributed by atoms with Gasteiger partial charge >= 0.3 is 6.18 Å². The van der Waals surface area contributed by atoms with Gasteiger partial charge in [-0.25, -0.2) is 8.42 Å². The molecule has 1 rings (SSSR count). The summed E-state index contributed by atoms with van der Waals surface area (Å²) < 4.78 is 60.0. The largest absolute Gasteiger partial charge is 0.416 e. The van der Waals surface area contributed by atoms with E-state index >= 15 is 0 Å². The first-order chi connectivity index (χ1) is 7.77. The van der Waals surface area contributed by atoms with E-state index in [1.165, 1.54) is 6.07 Å². The molecule has 0 fully saturated rings. The van der Waals surface area contributed by atoms with E-state index in [4.69, 9.17) is 5.26 Å². The number of nitriles is 1. The number of nitrogens with zero attached hydrogens (tertiary/aromatic N) is 1. The highest BCUT2D eigenvalue weighted by Gasteiger charge is 2.31. The van der Waals surface area contributed by atoms with Crippen LogP contribution in [0.25, 0.3) is 0 Å².